The number of benzene rings is 8. The predicted molar refractivity (Wildman–Crippen MR) is 435 cm³/mol. The monoisotopic (exact) mass is 1890 g/mol. The molecule has 5 atom stereocenters. The molecule has 112 heavy (non-hydrogen) atoms. The topological polar surface area (TPSA) is 307 Å². The number of aromatic carboxylic acids is 2. The second-order valence-corrected chi connectivity index (χ2v) is 27.0. The molecule has 0 spiro atoms. The third-order valence-electron chi connectivity index (χ3n) is 11.4. The van der Waals surface area contributed by atoms with E-state index < -0.39 is 80.9 Å². The summed E-state index contributed by atoms with van der Waals surface area (Å²) in [6.07, 6.45) is -5.92. The first kappa shape index (κ1) is 130. The molecule has 0 aromatic heterocycles. The maximum atomic E-state index is 12.2. The van der Waals surface area contributed by atoms with Crippen LogP contribution in [0.3, 0.4) is 0 Å². The number of halogens is 10. The number of carbonyl (C=O) groups excluding carboxylic acids is 7. The molecule has 0 fully saturated rings. The summed E-state index contributed by atoms with van der Waals surface area (Å²) < 4.78 is 110. The molecule has 8 aromatic carbocycles. The van der Waals surface area contributed by atoms with Crippen molar-refractivity contribution in [1.82, 2.24) is 0 Å². The van der Waals surface area contributed by atoms with Crippen LogP contribution in [0.25, 0.3) is 6.08 Å². The van der Waals surface area contributed by atoms with Crippen LogP contribution in [-0.2, 0) is 41.5 Å². The van der Waals surface area contributed by atoms with Crippen molar-refractivity contribution in [2.75, 3.05) is 24.2 Å². The molecule has 0 saturated carbocycles. The summed E-state index contributed by atoms with van der Waals surface area (Å²) in [5, 5.41) is 34.6. The summed E-state index contributed by atoms with van der Waals surface area (Å²) in [5.74, 6) is -6.41. The average Bonchev–Trinajstić information content (AvgIpc) is 0.826. The Labute approximate surface area is 802 Å². The number of ether oxygens (including phenoxy) is 3. The fourth-order valence-corrected chi connectivity index (χ4v) is 9.75. The molecule has 8 rings (SSSR count). The molecule has 18 nitrogen and oxygen atoms in total. The predicted octanol–water partition coefficient (Wildman–Crippen LogP) is 4.27. The smallest absolute Gasteiger partial charge is 1.00 e. The third-order valence-corrected chi connectivity index (χ3v) is 14.0. The number of carbonyl (C=O) groups is 9. The SMILES string of the molecule is C.CCI.CCOC(=O)c1ccccc1C=C(F)F.CCOC(=O)c1ccccc1C=O.CCOC(=O)c1ccccc1CC(F)F.O=C(O)c1ccccc1CC(F)F.O=C([O-])C(F)(F)Cl.O=CO[O-].O=Cc1ccccc1C(=O)O.P.PP.PPP.[H-].[K+].[K+].[Li+].[Na+].[OH-].c1ccc(P(c2ccccc2)c2ccccc2)cc1. The minimum absolute atomic E-state index is 0. The Balaban J connectivity index is -0.000000116. The first-order valence-electron chi connectivity index (χ1n) is 30.0. The summed E-state index contributed by atoms with van der Waals surface area (Å²) in [6.45, 7) is 7.75. The molecule has 0 amide bonds. The van der Waals surface area contributed by atoms with Crippen LogP contribution in [0, 0.1) is 0 Å². The zero-order valence-electron chi connectivity index (χ0n) is 62.6. The number of aldehydes is 2. The molecule has 5 unspecified atom stereocenters. The zero-order valence-corrected chi connectivity index (χ0v) is 80.7. The number of carboxylic acid groups (broad SMARTS) is 3. The van der Waals surface area contributed by atoms with E-state index in [0.717, 1.165) is 7.96 Å². The zero-order chi connectivity index (χ0) is 80.1. The Kier molecular flexibility index (Phi) is 96.9. The number of alkyl halides is 8. The molecular formula is C73H85ClF8IK2LiNaO18P7. The van der Waals surface area contributed by atoms with Crippen molar-refractivity contribution in [3.63, 3.8) is 0 Å². The van der Waals surface area contributed by atoms with Crippen LogP contribution in [-0.4, -0.2) is 113 Å². The van der Waals surface area contributed by atoms with E-state index in [4.69, 9.17) is 44.4 Å². The molecule has 0 aliphatic heterocycles. The normalized spacial score (nSPS) is 8.91. The molecule has 0 radical (unpaired) electrons. The van der Waals surface area contributed by atoms with E-state index in [2.05, 4.69) is 173 Å². The number of carboxylic acids is 3. The average molecular weight is 1890 g/mol. The van der Waals surface area contributed by atoms with Crippen LogP contribution in [0.2, 0.25) is 0 Å². The van der Waals surface area contributed by atoms with Gasteiger partial charge in [0.25, 0.3) is 12.6 Å². The van der Waals surface area contributed by atoms with Crippen LogP contribution in [0.15, 0.2) is 218 Å². The Bertz CT molecular complexity index is 3750. The van der Waals surface area contributed by atoms with Gasteiger partial charge in [0.1, 0.15) is 5.97 Å². The standard InChI is InChI=1S/C18H15P.C11H12F2O2.C11H10F2O2.C10H10O3.C9H8F2O2.C8H6O3.C2HClF2O2.C2H5I.CH2O3.CH4.2K.Li.Na.H2O.H5P3.H4P2.H3P.H/c1-4-10-16(11-5-1)19(17-12-6-2-7-13-17)18-14-8-3-9-15-18;2*1-2-15-11(14)9-6-4-3-5-8(9)7-10(12)13;1-2-13-10(12)9-6-4-3-5-8(9)7-11;10-8(11)5-6-3-1-2-4-7(6)9(12)13;9-5-6-3-1-2-4-7(6)8(10)11;3-2(4,5)1(6)7;1-2-3;2-1-4-3;;;;;;;1-3-2;1-2;;/h1-15H;3-6,10H,2,7H2,1H3;3-7H,2H2,1H3;3-7H,2H2,1H3;1-4,8H,5H2,(H,12,13);1-5H,(H,10,11);(H,6,7);2H2,1H3;1,3H;1H4;;;;;1H2;3H,1-2H2;1-2H2;1H3;/q;;;;;;;;;;4*+1;;;;;-1/p-3. The van der Waals surface area contributed by atoms with Crippen LogP contribution >= 0.6 is 95.7 Å². The van der Waals surface area contributed by atoms with Gasteiger partial charge in [0.05, 0.1) is 47.6 Å². The quantitative estimate of drug-likeness (QED) is 0.0103. The van der Waals surface area contributed by atoms with Gasteiger partial charge in [-0.3, -0.25) is 14.4 Å². The molecule has 0 aliphatic carbocycles. The van der Waals surface area contributed by atoms with Crippen molar-refractivity contribution in [3.05, 3.63) is 274 Å². The maximum absolute atomic E-state index is 12.2. The Morgan fingerprint density at radius 1 is 0.536 bits per heavy atom. The van der Waals surface area contributed by atoms with Gasteiger partial charge in [0, 0.05) is 30.0 Å². The second kappa shape index (κ2) is 83.4. The largest absolute Gasteiger partial charge is 1.00 e. The van der Waals surface area contributed by atoms with Crippen molar-refractivity contribution in [2.24, 2.45) is 0 Å². The summed E-state index contributed by atoms with van der Waals surface area (Å²) >= 11 is 6.16. The van der Waals surface area contributed by atoms with Gasteiger partial charge >= 0.3 is 186 Å². The summed E-state index contributed by atoms with van der Waals surface area (Å²) in [5.41, 5.74) is 1.91. The summed E-state index contributed by atoms with van der Waals surface area (Å²) in [6, 6.07) is 63.0. The second-order valence-electron chi connectivity index (χ2n) is 18.5. The van der Waals surface area contributed by atoms with E-state index in [9.17, 15) is 68.7 Å². The first-order valence-corrected chi connectivity index (χ1v) is 40.5. The van der Waals surface area contributed by atoms with E-state index in [1.165, 1.54) is 74.9 Å². The number of hydrogen-bond donors (Lipinski definition) is 2. The number of hydrogen-bond acceptors (Lipinski definition) is 16. The number of esters is 3. The molecule has 0 saturated heterocycles. The number of rotatable bonds is 20. The van der Waals surface area contributed by atoms with Gasteiger partial charge in [0.15, 0.2) is 12.6 Å². The maximum Gasteiger partial charge on any atom is 1.00 e. The van der Waals surface area contributed by atoms with Crippen molar-refractivity contribution in [2.45, 2.75) is 66.2 Å². The summed E-state index contributed by atoms with van der Waals surface area (Å²) in [4.78, 5) is 96.0. The fourth-order valence-electron chi connectivity index (χ4n) is 7.45. The fraction of sp³-hybridized carbons (Fsp3) is 0.192. The number of aliphatic carboxylic acids is 1. The van der Waals surface area contributed by atoms with Gasteiger partial charge < -0.3 is 51.4 Å². The van der Waals surface area contributed by atoms with Crippen LogP contribution in [0.5, 0.6) is 0 Å². The third kappa shape index (κ3) is 61.7. The van der Waals surface area contributed by atoms with E-state index in [1.807, 2.05) is 0 Å². The summed E-state index contributed by atoms with van der Waals surface area (Å²) in [7, 11) is 10.3. The van der Waals surface area contributed by atoms with Gasteiger partial charge in [-0.15, -0.1) is 35.7 Å². The molecule has 3 N–H and O–H groups in total. The minimum atomic E-state index is -4.22. The Morgan fingerprint density at radius 3 is 1.03 bits per heavy atom. The minimum Gasteiger partial charge on any atom is -1.00 e. The van der Waals surface area contributed by atoms with Crippen molar-refractivity contribution in [3.8, 4) is 0 Å². The first-order chi connectivity index (χ1) is 50.1. The Hall–Kier alpha value is -2.61. The molecular weight excluding hydrogens is 1800 g/mol. The van der Waals surface area contributed by atoms with Gasteiger partial charge in [-0.05, 0) is 108 Å². The van der Waals surface area contributed by atoms with E-state index >= 15 is 0 Å². The molecule has 8 aromatic rings. The van der Waals surface area contributed by atoms with E-state index in [-0.39, 0.29) is 234 Å². The molecule has 39 heteroatoms. The van der Waals surface area contributed by atoms with Gasteiger partial charge in [-0.1, -0.05) is 227 Å². The van der Waals surface area contributed by atoms with Crippen molar-refractivity contribution < 1.29 is 276 Å². The molecule has 594 valence electrons. The van der Waals surface area contributed by atoms with Crippen LogP contribution in [0.1, 0.15) is 126 Å². The van der Waals surface area contributed by atoms with Crippen molar-refractivity contribution in [1.29, 1.82) is 0 Å². The molecule has 0 heterocycles. The van der Waals surface area contributed by atoms with Crippen LogP contribution in [0.4, 0.5) is 35.1 Å². The van der Waals surface area contributed by atoms with Gasteiger partial charge in [-0.25, -0.2) is 41.5 Å². The van der Waals surface area contributed by atoms with Crippen LogP contribution < -0.4 is 177 Å². The van der Waals surface area contributed by atoms with E-state index in [1.54, 1.807) is 87.5 Å². The van der Waals surface area contributed by atoms with Crippen molar-refractivity contribution >= 4 is 173 Å². The Morgan fingerprint density at radius 2 is 0.768 bits per heavy atom. The molecule has 0 bridgehead atoms. The molecule has 0 aliphatic rings. The van der Waals surface area contributed by atoms with Gasteiger partial charge in [-0.2, -0.15) is 27.5 Å². The van der Waals surface area contributed by atoms with Gasteiger partial charge in [0.2, 0.25) is 12.9 Å². The van der Waals surface area contributed by atoms with E-state index in [0.29, 0.717) is 41.9 Å².